The van der Waals surface area contributed by atoms with E-state index in [2.05, 4.69) is 9.97 Å². The first-order valence-corrected chi connectivity index (χ1v) is 14.0. The minimum absolute atomic E-state index is 0.0202. The molecular formula is C29H27FN4O6S. The maximum atomic E-state index is 15.3. The molecule has 0 radical (unpaired) electrons. The van der Waals surface area contributed by atoms with E-state index in [-0.39, 0.29) is 41.8 Å². The number of benzene rings is 2. The second-order valence-corrected chi connectivity index (χ2v) is 11.2. The van der Waals surface area contributed by atoms with Crippen molar-refractivity contribution in [2.45, 2.75) is 42.4 Å². The van der Waals surface area contributed by atoms with E-state index in [0.717, 1.165) is 16.7 Å². The van der Waals surface area contributed by atoms with E-state index in [1.54, 1.807) is 44.2 Å². The van der Waals surface area contributed by atoms with Crippen molar-refractivity contribution < 1.29 is 27.4 Å². The number of nitrogens with zero attached hydrogens (tertiary/aromatic N) is 4. The lowest BCUT2D eigenvalue weighted by Crippen LogP contribution is -2.35. The fourth-order valence-electron chi connectivity index (χ4n) is 4.31. The Morgan fingerprint density at radius 1 is 1.12 bits per heavy atom. The number of pyridine rings is 1. The van der Waals surface area contributed by atoms with E-state index in [1.165, 1.54) is 31.6 Å². The molecule has 0 bridgehead atoms. The monoisotopic (exact) mass is 578 g/mol. The van der Waals surface area contributed by atoms with Gasteiger partial charge in [0.15, 0.2) is 4.90 Å². The predicted octanol–water partition coefficient (Wildman–Crippen LogP) is 4.02. The van der Waals surface area contributed by atoms with Crippen LogP contribution in [0.3, 0.4) is 0 Å². The molecule has 1 atom stereocenters. The highest BCUT2D eigenvalue weighted by Gasteiger charge is 2.33. The van der Waals surface area contributed by atoms with Gasteiger partial charge in [0.2, 0.25) is 15.7 Å². The molecule has 2 aromatic heterocycles. The van der Waals surface area contributed by atoms with Gasteiger partial charge in [0.25, 0.3) is 5.56 Å². The van der Waals surface area contributed by atoms with Crippen LogP contribution in [0.15, 0.2) is 81.6 Å². The van der Waals surface area contributed by atoms with Gasteiger partial charge in [0.1, 0.15) is 18.2 Å². The zero-order valence-electron chi connectivity index (χ0n) is 22.5. The topological polar surface area (TPSA) is 144 Å². The van der Waals surface area contributed by atoms with Gasteiger partial charge < -0.3 is 14.6 Å². The number of halogens is 1. The average molecular weight is 579 g/mol. The summed E-state index contributed by atoms with van der Waals surface area (Å²) in [5.41, 5.74) is -0.196. The van der Waals surface area contributed by atoms with E-state index < -0.39 is 42.9 Å². The summed E-state index contributed by atoms with van der Waals surface area (Å²) in [5, 5.41) is 20.1. The number of aromatic hydroxyl groups is 1. The van der Waals surface area contributed by atoms with E-state index in [0.29, 0.717) is 5.56 Å². The molecule has 0 saturated heterocycles. The van der Waals surface area contributed by atoms with Crippen molar-refractivity contribution in [3.05, 3.63) is 100 Å². The van der Waals surface area contributed by atoms with E-state index in [9.17, 15) is 23.6 Å². The van der Waals surface area contributed by atoms with Crippen molar-refractivity contribution in [2.75, 3.05) is 13.7 Å². The van der Waals surface area contributed by atoms with Gasteiger partial charge in [-0.15, -0.1) is 0 Å². The van der Waals surface area contributed by atoms with Crippen LogP contribution < -0.4 is 5.56 Å². The van der Waals surface area contributed by atoms with E-state index in [1.807, 2.05) is 6.07 Å². The van der Waals surface area contributed by atoms with Gasteiger partial charge in [-0.2, -0.15) is 10.2 Å². The smallest absolute Gasteiger partial charge is 0.277 e. The first kappa shape index (κ1) is 29.5. The number of hydrogen-bond acceptors (Lipinski definition) is 9. The predicted molar refractivity (Wildman–Crippen MR) is 146 cm³/mol. The lowest BCUT2D eigenvalue weighted by Gasteiger charge is -2.24. The molecule has 0 amide bonds. The highest BCUT2D eigenvalue weighted by molar-refractivity contribution is 7.91. The largest absolute Gasteiger partial charge is 0.492 e. The van der Waals surface area contributed by atoms with Crippen molar-refractivity contribution in [3.63, 3.8) is 0 Å². The molecule has 2 heterocycles. The third-order valence-electron chi connectivity index (χ3n) is 6.25. The minimum Gasteiger partial charge on any atom is -0.492 e. The quantitative estimate of drug-likeness (QED) is 0.295. The Bertz CT molecular complexity index is 1770. The van der Waals surface area contributed by atoms with Gasteiger partial charge in [-0.05, 0) is 37.6 Å². The summed E-state index contributed by atoms with van der Waals surface area (Å²) in [6.45, 7) is 3.31. The third-order valence-corrected chi connectivity index (χ3v) is 8.02. The van der Waals surface area contributed by atoms with Gasteiger partial charge in [-0.25, -0.2) is 12.8 Å². The summed E-state index contributed by atoms with van der Waals surface area (Å²) >= 11 is 0. The number of ether oxygens (including phenoxy) is 2. The SMILES string of the molecule is COC[C@@H](c1ccccc1)n1c(COC(C)C)nc(O)c(S(=O)(=O)c2ccc(-c3cnccc3C#N)c(F)c2)c1=O. The lowest BCUT2D eigenvalue weighted by molar-refractivity contribution is 0.0557. The summed E-state index contributed by atoms with van der Waals surface area (Å²) < 4.78 is 54.9. The Morgan fingerprint density at radius 3 is 2.49 bits per heavy atom. The van der Waals surface area contributed by atoms with Crippen LogP contribution in [-0.2, 0) is 25.9 Å². The van der Waals surface area contributed by atoms with Crippen LogP contribution in [0, 0.1) is 17.1 Å². The van der Waals surface area contributed by atoms with Crippen LogP contribution in [0.25, 0.3) is 11.1 Å². The Kier molecular flexibility index (Phi) is 8.92. The molecule has 0 aliphatic heterocycles. The highest BCUT2D eigenvalue weighted by atomic mass is 32.2. The van der Waals surface area contributed by atoms with Gasteiger partial charge in [0, 0.05) is 30.6 Å². The second kappa shape index (κ2) is 12.4. The van der Waals surface area contributed by atoms with Crippen LogP contribution in [0.2, 0.25) is 0 Å². The zero-order chi connectivity index (χ0) is 29.7. The Balaban J connectivity index is 1.91. The van der Waals surface area contributed by atoms with Crippen molar-refractivity contribution in [1.29, 1.82) is 5.26 Å². The van der Waals surface area contributed by atoms with Crippen molar-refractivity contribution in [1.82, 2.24) is 14.5 Å². The number of hydrogen-bond donors (Lipinski definition) is 1. The summed E-state index contributed by atoms with van der Waals surface area (Å²) in [7, 11) is -3.36. The van der Waals surface area contributed by atoms with Gasteiger partial charge in [-0.3, -0.25) is 14.3 Å². The van der Waals surface area contributed by atoms with E-state index >= 15 is 4.39 Å². The van der Waals surface area contributed by atoms with Gasteiger partial charge in [0.05, 0.1) is 35.3 Å². The molecule has 212 valence electrons. The number of aromatic nitrogens is 3. The standard InChI is InChI=1S/C29H27FN4O6S/c1-18(2)40-17-26-33-28(35)27(29(36)34(26)25(16-39-3)19-7-5-4-6-8-19)41(37,38)21-9-10-22(24(30)13-21)23-15-32-12-11-20(23)14-31/h4-13,15,18,25,35H,16-17H2,1-3H3/t25-/m0/s1. The molecule has 10 nitrogen and oxygen atoms in total. The van der Waals surface area contributed by atoms with Crippen LogP contribution >= 0.6 is 0 Å². The molecule has 12 heteroatoms. The maximum Gasteiger partial charge on any atom is 0.277 e. The highest BCUT2D eigenvalue weighted by Crippen LogP contribution is 2.31. The molecule has 0 saturated carbocycles. The molecule has 0 spiro atoms. The molecule has 1 N–H and O–H groups in total. The zero-order valence-corrected chi connectivity index (χ0v) is 23.3. The fourth-order valence-corrected chi connectivity index (χ4v) is 5.66. The molecule has 4 aromatic rings. The van der Waals surface area contributed by atoms with Crippen LogP contribution in [0.1, 0.15) is 36.8 Å². The van der Waals surface area contributed by atoms with E-state index in [4.69, 9.17) is 9.47 Å². The first-order valence-electron chi connectivity index (χ1n) is 12.5. The number of nitriles is 1. The molecule has 0 aliphatic rings. The van der Waals surface area contributed by atoms with Crippen molar-refractivity contribution in [3.8, 4) is 23.1 Å². The van der Waals surface area contributed by atoms with Crippen LogP contribution in [-0.4, -0.2) is 47.9 Å². The van der Waals surface area contributed by atoms with Crippen LogP contribution in [0.5, 0.6) is 5.88 Å². The molecule has 2 aromatic carbocycles. The van der Waals surface area contributed by atoms with Crippen molar-refractivity contribution in [2.24, 2.45) is 0 Å². The molecule has 4 rings (SSSR count). The second-order valence-electron chi connectivity index (χ2n) is 9.28. The summed E-state index contributed by atoms with van der Waals surface area (Å²) in [6, 6.07) is 14.3. The fraction of sp³-hybridized carbons (Fsp3) is 0.241. The Morgan fingerprint density at radius 2 is 1.85 bits per heavy atom. The lowest BCUT2D eigenvalue weighted by atomic mass is 10.0. The Hall–Kier alpha value is -4.44. The molecule has 0 fully saturated rings. The first-order chi connectivity index (χ1) is 19.6. The van der Waals surface area contributed by atoms with Gasteiger partial charge in [-0.1, -0.05) is 36.4 Å². The third kappa shape index (κ3) is 6.02. The molecule has 0 unspecified atom stereocenters. The summed E-state index contributed by atoms with van der Waals surface area (Å²) in [5.74, 6) is -2.03. The van der Waals surface area contributed by atoms with Crippen molar-refractivity contribution >= 4 is 9.84 Å². The number of methoxy groups -OCH3 is 1. The van der Waals surface area contributed by atoms with Gasteiger partial charge >= 0.3 is 0 Å². The number of sulfone groups is 1. The number of rotatable bonds is 10. The molecular weight excluding hydrogens is 551 g/mol. The Labute approximate surface area is 236 Å². The normalized spacial score (nSPS) is 12.3. The molecule has 41 heavy (non-hydrogen) atoms. The summed E-state index contributed by atoms with van der Waals surface area (Å²) in [6.07, 6.45) is 2.41. The minimum atomic E-state index is -4.79. The molecule has 0 aliphatic carbocycles. The average Bonchev–Trinajstić information content (AvgIpc) is 2.95. The van der Waals surface area contributed by atoms with Crippen LogP contribution in [0.4, 0.5) is 4.39 Å². The summed E-state index contributed by atoms with van der Waals surface area (Å²) in [4.78, 5) is 20.3. The maximum absolute atomic E-state index is 15.3.